The number of hydrogen-bond acceptors (Lipinski definition) is 5. The first kappa shape index (κ1) is 17.0. The molecule has 8 heteroatoms. The van der Waals surface area contributed by atoms with Crippen LogP contribution in [0.15, 0.2) is 41.3 Å². The first-order valence-corrected chi connectivity index (χ1v) is 8.81. The van der Waals surface area contributed by atoms with E-state index in [0.29, 0.717) is 28.2 Å². The lowest BCUT2D eigenvalue weighted by molar-refractivity contribution is 0.414. The van der Waals surface area contributed by atoms with Crippen LogP contribution in [0.1, 0.15) is 5.56 Å². The molecule has 0 atom stereocenters. The van der Waals surface area contributed by atoms with Crippen molar-refractivity contribution in [3.63, 3.8) is 0 Å². The molecule has 1 N–H and O–H groups in total. The van der Waals surface area contributed by atoms with Crippen LogP contribution in [-0.2, 0) is 10.0 Å². The van der Waals surface area contributed by atoms with Crippen molar-refractivity contribution in [1.29, 1.82) is 5.26 Å². The van der Waals surface area contributed by atoms with Crippen molar-refractivity contribution in [3.05, 3.63) is 42.0 Å². The summed E-state index contributed by atoms with van der Waals surface area (Å²) in [6.45, 7) is 0. The van der Waals surface area contributed by atoms with Crippen molar-refractivity contribution >= 4 is 21.1 Å². The number of ether oxygens (including phenoxy) is 1. The van der Waals surface area contributed by atoms with E-state index in [1.165, 1.54) is 33.3 Å². The highest BCUT2D eigenvalue weighted by Crippen LogP contribution is 2.32. The van der Waals surface area contributed by atoms with E-state index in [2.05, 4.69) is 16.0 Å². The second-order valence-corrected chi connectivity index (χ2v) is 7.73. The number of imidazole rings is 1. The van der Waals surface area contributed by atoms with Gasteiger partial charge >= 0.3 is 0 Å². The number of benzene rings is 2. The SMILES string of the molecule is COc1cc(S(=O)(=O)N(C)C)ccc1-c1nc2ccc(C#N)cc2[nH]1. The zero-order valence-electron chi connectivity index (χ0n) is 13.9. The highest BCUT2D eigenvalue weighted by atomic mass is 32.2. The number of nitriles is 1. The van der Waals surface area contributed by atoms with E-state index in [0.717, 1.165) is 9.82 Å². The molecule has 0 amide bonds. The number of nitrogens with one attached hydrogen (secondary N) is 1. The lowest BCUT2D eigenvalue weighted by atomic mass is 10.2. The van der Waals surface area contributed by atoms with Crippen LogP contribution >= 0.6 is 0 Å². The average Bonchev–Trinajstić information content (AvgIpc) is 3.03. The number of H-pyrrole nitrogens is 1. The maximum atomic E-state index is 12.3. The fourth-order valence-corrected chi connectivity index (χ4v) is 3.36. The van der Waals surface area contributed by atoms with Crippen LogP contribution in [0.3, 0.4) is 0 Å². The van der Waals surface area contributed by atoms with E-state index >= 15 is 0 Å². The average molecular weight is 356 g/mol. The Morgan fingerprint density at radius 1 is 1.20 bits per heavy atom. The zero-order chi connectivity index (χ0) is 18.2. The molecular weight excluding hydrogens is 340 g/mol. The van der Waals surface area contributed by atoms with Gasteiger partial charge in [-0.05, 0) is 30.3 Å². The van der Waals surface area contributed by atoms with Crippen molar-refractivity contribution in [3.8, 4) is 23.2 Å². The predicted octanol–water partition coefficient (Wildman–Crippen LogP) is 2.36. The summed E-state index contributed by atoms with van der Waals surface area (Å²) in [6.07, 6.45) is 0. The van der Waals surface area contributed by atoms with Gasteiger partial charge < -0.3 is 9.72 Å². The Morgan fingerprint density at radius 2 is 1.96 bits per heavy atom. The molecule has 1 heterocycles. The predicted molar refractivity (Wildman–Crippen MR) is 93.7 cm³/mol. The summed E-state index contributed by atoms with van der Waals surface area (Å²) < 4.78 is 31.1. The van der Waals surface area contributed by atoms with Crippen molar-refractivity contribution in [2.75, 3.05) is 21.2 Å². The minimum atomic E-state index is -3.56. The van der Waals surface area contributed by atoms with Gasteiger partial charge in [-0.3, -0.25) is 0 Å². The highest BCUT2D eigenvalue weighted by molar-refractivity contribution is 7.89. The minimum absolute atomic E-state index is 0.140. The molecule has 0 bridgehead atoms. The van der Waals surface area contributed by atoms with Gasteiger partial charge in [0.1, 0.15) is 11.6 Å². The van der Waals surface area contributed by atoms with Gasteiger partial charge in [-0.1, -0.05) is 0 Å². The normalized spacial score (nSPS) is 11.6. The van der Waals surface area contributed by atoms with Crippen LogP contribution in [-0.4, -0.2) is 43.9 Å². The molecular formula is C17H16N4O3S. The third-order valence-electron chi connectivity index (χ3n) is 3.82. The second-order valence-electron chi connectivity index (χ2n) is 5.58. The molecule has 3 rings (SSSR count). The van der Waals surface area contributed by atoms with Crippen LogP contribution < -0.4 is 4.74 Å². The van der Waals surface area contributed by atoms with Crippen molar-refractivity contribution in [2.45, 2.75) is 4.90 Å². The number of aromatic nitrogens is 2. The van der Waals surface area contributed by atoms with Gasteiger partial charge in [-0.15, -0.1) is 0 Å². The summed E-state index contributed by atoms with van der Waals surface area (Å²) in [5.74, 6) is 0.929. The molecule has 0 aliphatic carbocycles. The summed E-state index contributed by atoms with van der Waals surface area (Å²) in [5.41, 5.74) is 2.60. The van der Waals surface area contributed by atoms with E-state index < -0.39 is 10.0 Å². The molecule has 128 valence electrons. The Hall–Kier alpha value is -2.89. The van der Waals surface area contributed by atoms with E-state index in [1.807, 2.05) is 0 Å². The molecule has 0 aliphatic heterocycles. The number of nitrogens with zero attached hydrogens (tertiary/aromatic N) is 3. The van der Waals surface area contributed by atoms with E-state index in [1.54, 1.807) is 24.3 Å². The Labute approximate surface area is 145 Å². The number of fused-ring (bicyclic) bond motifs is 1. The standard InChI is InChI=1S/C17H16N4O3S/c1-21(2)25(22,23)12-5-6-13(16(9-12)24-3)17-19-14-7-4-11(10-18)8-15(14)20-17/h4-9H,1-3H3,(H,19,20). The maximum absolute atomic E-state index is 12.3. The molecule has 0 saturated heterocycles. The molecule has 3 aromatic rings. The topological polar surface area (TPSA) is 99.1 Å². The van der Waals surface area contributed by atoms with Crippen LogP contribution in [0, 0.1) is 11.3 Å². The Kier molecular flexibility index (Phi) is 4.20. The van der Waals surface area contributed by atoms with E-state index in [9.17, 15) is 8.42 Å². The third kappa shape index (κ3) is 2.95. The van der Waals surface area contributed by atoms with Gasteiger partial charge in [0.05, 0.1) is 40.2 Å². The van der Waals surface area contributed by atoms with Crippen molar-refractivity contribution in [2.24, 2.45) is 0 Å². The van der Waals surface area contributed by atoms with Crippen LogP contribution in [0.2, 0.25) is 0 Å². The summed E-state index contributed by atoms with van der Waals surface area (Å²) >= 11 is 0. The molecule has 7 nitrogen and oxygen atoms in total. The minimum Gasteiger partial charge on any atom is -0.496 e. The number of methoxy groups -OCH3 is 1. The fourth-order valence-electron chi connectivity index (χ4n) is 2.45. The van der Waals surface area contributed by atoms with Gasteiger partial charge in [0.2, 0.25) is 10.0 Å². The second kappa shape index (κ2) is 6.20. The first-order chi connectivity index (χ1) is 11.9. The molecule has 0 spiro atoms. The van der Waals surface area contributed by atoms with Gasteiger partial charge in [-0.25, -0.2) is 17.7 Å². The van der Waals surface area contributed by atoms with Crippen LogP contribution in [0.5, 0.6) is 5.75 Å². The van der Waals surface area contributed by atoms with Crippen LogP contribution in [0.25, 0.3) is 22.4 Å². The largest absolute Gasteiger partial charge is 0.496 e. The van der Waals surface area contributed by atoms with Gasteiger partial charge in [-0.2, -0.15) is 5.26 Å². The molecule has 0 radical (unpaired) electrons. The third-order valence-corrected chi connectivity index (χ3v) is 5.63. The highest BCUT2D eigenvalue weighted by Gasteiger charge is 2.20. The fraction of sp³-hybridized carbons (Fsp3) is 0.176. The summed E-state index contributed by atoms with van der Waals surface area (Å²) in [5, 5.41) is 8.99. The number of hydrogen-bond donors (Lipinski definition) is 1. The smallest absolute Gasteiger partial charge is 0.242 e. The van der Waals surface area contributed by atoms with E-state index in [-0.39, 0.29) is 4.90 Å². The molecule has 0 saturated carbocycles. The van der Waals surface area contributed by atoms with Crippen molar-refractivity contribution < 1.29 is 13.2 Å². The quantitative estimate of drug-likeness (QED) is 0.774. The summed E-state index contributed by atoms with van der Waals surface area (Å²) in [7, 11) is 0.866. The number of rotatable bonds is 4. The Balaban J connectivity index is 2.13. The molecule has 1 aromatic heterocycles. The Bertz CT molecular complexity index is 1090. The molecule has 0 fully saturated rings. The first-order valence-electron chi connectivity index (χ1n) is 7.37. The zero-order valence-corrected chi connectivity index (χ0v) is 14.8. The Morgan fingerprint density at radius 3 is 2.60 bits per heavy atom. The molecule has 0 aliphatic rings. The molecule has 2 aromatic carbocycles. The summed E-state index contributed by atoms with van der Waals surface area (Å²) in [6, 6.07) is 11.9. The van der Waals surface area contributed by atoms with E-state index in [4.69, 9.17) is 10.00 Å². The van der Waals surface area contributed by atoms with Gasteiger partial charge in [0.15, 0.2) is 0 Å². The lowest BCUT2D eigenvalue weighted by Crippen LogP contribution is -2.22. The van der Waals surface area contributed by atoms with Crippen LogP contribution in [0.4, 0.5) is 0 Å². The van der Waals surface area contributed by atoms with Crippen molar-refractivity contribution in [1.82, 2.24) is 14.3 Å². The van der Waals surface area contributed by atoms with Gasteiger partial charge in [0, 0.05) is 20.2 Å². The number of aromatic amines is 1. The van der Waals surface area contributed by atoms with Gasteiger partial charge in [0.25, 0.3) is 0 Å². The molecule has 0 unspecified atom stereocenters. The summed E-state index contributed by atoms with van der Waals surface area (Å²) in [4.78, 5) is 7.77. The lowest BCUT2D eigenvalue weighted by Gasteiger charge is -2.13. The maximum Gasteiger partial charge on any atom is 0.242 e. The molecule has 25 heavy (non-hydrogen) atoms. The monoisotopic (exact) mass is 356 g/mol. The number of sulfonamides is 1.